The molecule has 0 aliphatic heterocycles. The van der Waals surface area contributed by atoms with Crippen LogP contribution in [0.4, 0.5) is 5.82 Å². The summed E-state index contributed by atoms with van der Waals surface area (Å²) in [5, 5.41) is 1.05. The molecular formula is C12H15N3O. The molecule has 84 valence electrons. The summed E-state index contributed by atoms with van der Waals surface area (Å²) in [5.74, 6) is 1.78. The van der Waals surface area contributed by atoms with Gasteiger partial charge in [0.2, 0.25) is 0 Å². The van der Waals surface area contributed by atoms with Gasteiger partial charge in [0.1, 0.15) is 17.9 Å². The van der Waals surface area contributed by atoms with Gasteiger partial charge in [0.25, 0.3) is 0 Å². The number of fused-ring (bicyclic) bond motifs is 1. The smallest absolute Gasteiger partial charge is 0.139 e. The fourth-order valence-corrected chi connectivity index (χ4v) is 1.75. The van der Waals surface area contributed by atoms with Crippen molar-refractivity contribution in [1.82, 2.24) is 9.97 Å². The van der Waals surface area contributed by atoms with E-state index in [1.54, 1.807) is 13.4 Å². The standard InChI is InChI=1S/C12H15N3O/c1-8-5-9-10(6-11(8)16-4)13-7-14-12(9)15(2)3/h5-7H,1-4H3. The molecule has 0 radical (unpaired) electrons. The summed E-state index contributed by atoms with van der Waals surface area (Å²) < 4.78 is 5.28. The number of anilines is 1. The number of aryl methyl sites for hydroxylation is 1. The highest BCUT2D eigenvalue weighted by Gasteiger charge is 2.08. The van der Waals surface area contributed by atoms with Gasteiger partial charge in [0.05, 0.1) is 12.6 Å². The highest BCUT2D eigenvalue weighted by molar-refractivity contribution is 5.90. The molecule has 4 heteroatoms. The van der Waals surface area contributed by atoms with Gasteiger partial charge in [0, 0.05) is 25.5 Å². The van der Waals surface area contributed by atoms with Crippen LogP contribution in [0.1, 0.15) is 5.56 Å². The third-order valence-electron chi connectivity index (χ3n) is 2.55. The maximum atomic E-state index is 5.28. The number of benzene rings is 1. The third kappa shape index (κ3) is 1.66. The lowest BCUT2D eigenvalue weighted by Crippen LogP contribution is -2.11. The molecular weight excluding hydrogens is 202 g/mol. The van der Waals surface area contributed by atoms with Crippen LogP contribution in [-0.2, 0) is 0 Å². The highest BCUT2D eigenvalue weighted by atomic mass is 16.5. The molecule has 0 spiro atoms. The normalized spacial score (nSPS) is 10.5. The number of aromatic nitrogens is 2. The fourth-order valence-electron chi connectivity index (χ4n) is 1.75. The summed E-state index contributed by atoms with van der Waals surface area (Å²) in [6.45, 7) is 2.02. The number of hydrogen-bond donors (Lipinski definition) is 0. The Morgan fingerprint density at radius 3 is 2.56 bits per heavy atom. The van der Waals surface area contributed by atoms with Crippen LogP contribution in [0, 0.1) is 6.92 Å². The largest absolute Gasteiger partial charge is 0.496 e. The molecule has 1 aromatic heterocycles. The molecule has 0 bridgehead atoms. The van der Waals surface area contributed by atoms with Crippen LogP contribution in [0.2, 0.25) is 0 Å². The molecule has 16 heavy (non-hydrogen) atoms. The Morgan fingerprint density at radius 1 is 1.19 bits per heavy atom. The van der Waals surface area contributed by atoms with Gasteiger partial charge in [-0.05, 0) is 18.6 Å². The zero-order chi connectivity index (χ0) is 11.7. The maximum Gasteiger partial charge on any atom is 0.139 e. The topological polar surface area (TPSA) is 38.3 Å². The molecule has 0 atom stereocenters. The van der Waals surface area contributed by atoms with E-state index in [4.69, 9.17) is 4.74 Å². The molecule has 0 saturated carbocycles. The van der Waals surface area contributed by atoms with Crippen molar-refractivity contribution < 1.29 is 4.74 Å². The van der Waals surface area contributed by atoms with Crippen LogP contribution in [0.3, 0.4) is 0 Å². The number of hydrogen-bond acceptors (Lipinski definition) is 4. The Kier molecular flexibility index (Phi) is 2.64. The monoisotopic (exact) mass is 217 g/mol. The van der Waals surface area contributed by atoms with Crippen LogP contribution in [-0.4, -0.2) is 31.2 Å². The highest BCUT2D eigenvalue weighted by Crippen LogP contribution is 2.28. The predicted molar refractivity (Wildman–Crippen MR) is 65.2 cm³/mol. The summed E-state index contributed by atoms with van der Waals surface area (Å²) in [7, 11) is 5.62. The van der Waals surface area contributed by atoms with Crippen molar-refractivity contribution in [2.24, 2.45) is 0 Å². The Labute approximate surface area is 94.9 Å². The molecule has 0 amide bonds. The average molecular weight is 217 g/mol. The number of nitrogens with zero attached hydrogens (tertiary/aromatic N) is 3. The molecule has 0 N–H and O–H groups in total. The molecule has 0 fully saturated rings. The van der Waals surface area contributed by atoms with E-state index < -0.39 is 0 Å². The van der Waals surface area contributed by atoms with E-state index in [2.05, 4.69) is 16.0 Å². The number of methoxy groups -OCH3 is 1. The van der Waals surface area contributed by atoms with Gasteiger partial charge in [0.15, 0.2) is 0 Å². The van der Waals surface area contributed by atoms with Gasteiger partial charge in [-0.15, -0.1) is 0 Å². The summed E-state index contributed by atoms with van der Waals surface area (Å²) in [4.78, 5) is 10.5. The second kappa shape index (κ2) is 3.96. The van der Waals surface area contributed by atoms with Gasteiger partial charge in [-0.1, -0.05) is 0 Å². The molecule has 1 heterocycles. The minimum Gasteiger partial charge on any atom is -0.496 e. The summed E-state index contributed by atoms with van der Waals surface area (Å²) in [5.41, 5.74) is 1.99. The summed E-state index contributed by atoms with van der Waals surface area (Å²) in [6.07, 6.45) is 1.58. The average Bonchev–Trinajstić information content (AvgIpc) is 2.27. The minimum atomic E-state index is 0.857. The van der Waals surface area contributed by atoms with E-state index in [9.17, 15) is 0 Å². The maximum absolute atomic E-state index is 5.28. The van der Waals surface area contributed by atoms with Crippen molar-refractivity contribution in [2.75, 3.05) is 26.1 Å². The van der Waals surface area contributed by atoms with Crippen LogP contribution >= 0.6 is 0 Å². The van der Waals surface area contributed by atoms with Crippen molar-refractivity contribution >= 4 is 16.7 Å². The Hall–Kier alpha value is -1.84. The van der Waals surface area contributed by atoms with Crippen molar-refractivity contribution in [2.45, 2.75) is 6.92 Å². The van der Waals surface area contributed by atoms with Crippen molar-refractivity contribution in [3.63, 3.8) is 0 Å². The lowest BCUT2D eigenvalue weighted by molar-refractivity contribution is 0.412. The molecule has 2 rings (SSSR count). The predicted octanol–water partition coefficient (Wildman–Crippen LogP) is 2.01. The van der Waals surface area contributed by atoms with E-state index in [1.807, 2.05) is 32.0 Å². The van der Waals surface area contributed by atoms with E-state index in [1.165, 1.54) is 0 Å². The first kappa shape index (κ1) is 10.7. The first-order chi connectivity index (χ1) is 7.63. The molecule has 0 saturated heterocycles. The zero-order valence-corrected chi connectivity index (χ0v) is 9.98. The summed E-state index contributed by atoms with van der Waals surface area (Å²) >= 11 is 0. The number of rotatable bonds is 2. The van der Waals surface area contributed by atoms with E-state index >= 15 is 0 Å². The van der Waals surface area contributed by atoms with Crippen LogP contribution in [0.5, 0.6) is 5.75 Å². The molecule has 0 aliphatic carbocycles. The lowest BCUT2D eigenvalue weighted by atomic mass is 10.1. The van der Waals surface area contributed by atoms with E-state index in [0.717, 1.165) is 28.0 Å². The molecule has 4 nitrogen and oxygen atoms in total. The molecule has 0 aliphatic rings. The Balaban J connectivity index is 2.74. The van der Waals surface area contributed by atoms with Gasteiger partial charge in [-0.3, -0.25) is 0 Å². The van der Waals surface area contributed by atoms with Gasteiger partial charge < -0.3 is 9.64 Å². The number of ether oxygens (including phenoxy) is 1. The van der Waals surface area contributed by atoms with Gasteiger partial charge >= 0.3 is 0 Å². The lowest BCUT2D eigenvalue weighted by Gasteiger charge is -2.14. The molecule has 0 unspecified atom stereocenters. The second-order valence-corrected chi connectivity index (χ2v) is 3.93. The van der Waals surface area contributed by atoms with Crippen molar-refractivity contribution in [3.8, 4) is 5.75 Å². The SMILES string of the molecule is COc1cc2ncnc(N(C)C)c2cc1C. The van der Waals surface area contributed by atoms with Crippen LogP contribution in [0.25, 0.3) is 10.9 Å². The third-order valence-corrected chi connectivity index (χ3v) is 2.55. The van der Waals surface area contributed by atoms with Gasteiger partial charge in [-0.25, -0.2) is 9.97 Å². The van der Waals surface area contributed by atoms with Crippen molar-refractivity contribution in [1.29, 1.82) is 0 Å². The first-order valence-corrected chi connectivity index (χ1v) is 5.10. The van der Waals surface area contributed by atoms with E-state index in [0.29, 0.717) is 0 Å². The van der Waals surface area contributed by atoms with Crippen LogP contribution in [0.15, 0.2) is 18.5 Å². The zero-order valence-electron chi connectivity index (χ0n) is 9.98. The van der Waals surface area contributed by atoms with Crippen LogP contribution < -0.4 is 9.64 Å². The van der Waals surface area contributed by atoms with Gasteiger partial charge in [-0.2, -0.15) is 0 Å². The van der Waals surface area contributed by atoms with E-state index in [-0.39, 0.29) is 0 Å². The second-order valence-electron chi connectivity index (χ2n) is 3.93. The quantitative estimate of drug-likeness (QED) is 0.771. The first-order valence-electron chi connectivity index (χ1n) is 5.10. The Morgan fingerprint density at radius 2 is 1.94 bits per heavy atom. The minimum absolute atomic E-state index is 0.857. The Bertz CT molecular complexity index is 523. The molecule has 2 aromatic rings. The summed E-state index contributed by atoms with van der Waals surface area (Å²) in [6, 6.07) is 4.00. The molecule has 1 aromatic carbocycles. The van der Waals surface area contributed by atoms with Crippen molar-refractivity contribution in [3.05, 3.63) is 24.0 Å². The fraction of sp³-hybridized carbons (Fsp3) is 0.333.